The van der Waals surface area contributed by atoms with E-state index in [-0.39, 0.29) is 6.61 Å². The zero-order chi connectivity index (χ0) is 12.0. The van der Waals surface area contributed by atoms with E-state index < -0.39 is 0 Å². The standard InChI is InChI=1S/C13H25NO2/c1-11(2)14(9-10-15)8-7-13(16)12-5-3-4-6-12/h11-12,15H,3-10H2,1-2H3. The predicted octanol–water partition coefficient (Wildman–Crippen LogP) is 1.84. The fraction of sp³-hybridized carbons (Fsp3) is 0.923. The minimum absolute atomic E-state index is 0.176. The lowest BCUT2D eigenvalue weighted by Gasteiger charge is -2.25. The third kappa shape index (κ3) is 4.22. The van der Waals surface area contributed by atoms with Crippen molar-refractivity contribution in [2.24, 2.45) is 5.92 Å². The molecule has 0 unspecified atom stereocenters. The Morgan fingerprint density at radius 3 is 2.44 bits per heavy atom. The van der Waals surface area contributed by atoms with Crippen molar-refractivity contribution in [2.75, 3.05) is 19.7 Å². The highest BCUT2D eigenvalue weighted by Crippen LogP contribution is 2.26. The number of hydrogen-bond donors (Lipinski definition) is 1. The molecule has 1 saturated carbocycles. The third-order valence-electron chi connectivity index (χ3n) is 3.57. The van der Waals surface area contributed by atoms with Gasteiger partial charge in [0.25, 0.3) is 0 Å². The van der Waals surface area contributed by atoms with Gasteiger partial charge in [-0.2, -0.15) is 0 Å². The number of Topliss-reactive ketones (excluding diaryl/α,β-unsaturated/α-hetero) is 1. The van der Waals surface area contributed by atoms with Crippen LogP contribution in [-0.2, 0) is 4.79 Å². The van der Waals surface area contributed by atoms with Crippen LogP contribution in [0.25, 0.3) is 0 Å². The van der Waals surface area contributed by atoms with Gasteiger partial charge in [-0.3, -0.25) is 9.69 Å². The van der Waals surface area contributed by atoms with Crippen molar-refractivity contribution < 1.29 is 9.90 Å². The second kappa shape index (κ2) is 7.02. The molecule has 0 radical (unpaired) electrons. The van der Waals surface area contributed by atoms with E-state index in [4.69, 9.17) is 5.11 Å². The van der Waals surface area contributed by atoms with Gasteiger partial charge in [-0.15, -0.1) is 0 Å². The van der Waals surface area contributed by atoms with Gasteiger partial charge >= 0.3 is 0 Å². The number of carbonyl (C=O) groups is 1. The van der Waals surface area contributed by atoms with Crippen molar-refractivity contribution in [3.63, 3.8) is 0 Å². The van der Waals surface area contributed by atoms with E-state index in [9.17, 15) is 4.79 Å². The summed E-state index contributed by atoms with van der Waals surface area (Å²) in [7, 11) is 0. The first kappa shape index (κ1) is 13.7. The van der Waals surface area contributed by atoms with Crippen LogP contribution in [0.3, 0.4) is 0 Å². The van der Waals surface area contributed by atoms with Crippen LogP contribution < -0.4 is 0 Å². The second-order valence-corrected chi connectivity index (χ2v) is 5.05. The zero-order valence-electron chi connectivity index (χ0n) is 10.6. The highest BCUT2D eigenvalue weighted by molar-refractivity contribution is 5.81. The number of nitrogens with zero attached hydrogens (tertiary/aromatic N) is 1. The maximum atomic E-state index is 11.9. The van der Waals surface area contributed by atoms with E-state index in [1.807, 2.05) is 0 Å². The van der Waals surface area contributed by atoms with Crippen molar-refractivity contribution >= 4 is 5.78 Å². The summed E-state index contributed by atoms with van der Waals surface area (Å²) in [5.41, 5.74) is 0. The van der Waals surface area contributed by atoms with Gasteiger partial charge in [0, 0.05) is 31.5 Å². The summed E-state index contributed by atoms with van der Waals surface area (Å²) in [6, 6.07) is 0.406. The number of ketones is 1. The Hall–Kier alpha value is -0.410. The van der Waals surface area contributed by atoms with Crippen LogP contribution in [-0.4, -0.2) is 41.5 Å². The summed E-state index contributed by atoms with van der Waals surface area (Å²) in [5, 5.41) is 8.94. The Morgan fingerprint density at radius 2 is 1.94 bits per heavy atom. The highest BCUT2D eigenvalue weighted by Gasteiger charge is 2.22. The molecular formula is C13H25NO2. The molecule has 0 saturated heterocycles. The fourth-order valence-corrected chi connectivity index (χ4v) is 2.46. The van der Waals surface area contributed by atoms with Crippen LogP contribution in [0.2, 0.25) is 0 Å². The molecule has 0 bridgehead atoms. The summed E-state index contributed by atoms with van der Waals surface area (Å²) in [4.78, 5) is 14.1. The van der Waals surface area contributed by atoms with Gasteiger partial charge in [-0.1, -0.05) is 12.8 Å². The van der Waals surface area contributed by atoms with Crippen molar-refractivity contribution in [2.45, 2.75) is 52.0 Å². The lowest BCUT2D eigenvalue weighted by molar-refractivity contribution is -0.123. The second-order valence-electron chi connectivity index (χ2n) is 5.05. The minimum atomic E-state index is 0.176. The molecule has 0 amide bonds. The lowest BCUT2D eigenvalue weighted by atomic mass is 10.00. The monoisotopic (exact) mass is 227 g/mol. The first-order valence-electron chi connectivity index (χ1n) is 6.52. The molecule has 3 heteroatoms. The fourth-order valence-electron chi connectivity index (χ4n) is 2.46. The Kier molecular flexibility index (Phi) is 5.99. The van der Waals surface area contributed by atoms with Gasteiger partial charge in [0.15, 0.2) is 0 Å². The Balaban J connectivity index is 2.27. The molecule has 1 fully saturated rings. The molecule has 94 valence electrons. The maximum Gasteiger partial charge on any atom is 0.137 e. The van der Waals surface area contributed by atoms with Crippen LogP contribution in [0.15, 0.2) is 0 Å². The molecule has 1 N–H and O–H groups in total. The molecule has 0 aliphatic heterocycles. The van der Waals surface area contributed by atoms with Crippen LogP contribution in [0.4, 0.5) is 0 Å². The van der Waals surface area contributed by atoms with Gasteiger partial charge in [-0.05, 0) is 26.7 Å². The normalized spacial score (nSPS) is 17.6. The van der Waals surface area contributed by atoms with E-state index in [0.29, 0.717) is 30.7 Å². The smallest absolute Gasteiger partial charge is 0.137 e. The molecule has 1 rings (SSSR count). The minimum Gasteiger partial charge on any atom is -0.395 e. The Labute approximate surface area is 98.8 Å². The summed E-state index contributed by atoms with van der Waals surface area (Å²) in [6.07, 6.45) is 5.30. The SMILES string of the molecule is CC(C)N(CCO)CCC(=O)C1CCCC1. The van der Waals surface area contributed by atoms with Gasteiger partial charge < -0.3 is 5.11 Å². The molecule has 0 aromatic heterocycles. The Bertz CT molecular complexity index is 210. The van der Waals surface area contributed by atoms with E-state index >= 15 is 0 Å². The van der Waals surface area contributed by atoms with Crippen LogP contribution in [0.5, 0.6) is 0 Å². The molecule has 0 aromatic carbocycles. The van der Waals surface area contributed by atoms with E-state index in [0.717, 1.165) is 19.4 Å². The van der Waals surface area contributed by atoms with Crippen molar-refractivity contribution in [3.8, 4) is 0 Å². The molecule has 16 heavy (non-hydrogen) atoms. The highest BCUT2D eigenvalue weighted by atomic mass is 16.3. The third-order valence-corrected chi connectivity index (χ3v) is 3.57. The van der Waals surface area contributed by atoms with Crippen molar-refractivity contribution in [1.82, 2.24) is 4.90 Å². The first-order chi connectivity index (χ1) is 7.65. The number of aliphatic hydroxyl groups is 1. The van der Waals surface area contributed by atoms with E-state index in [1.165, 1.54) is 12.8 Å². The van der Waals surface area contributed by atoms with Crippen LogP contribution in [0.1, 0.15) is 46.0 Å². The van der Waals surface area contributed by atoms with Crippen molar-refractivity contribution in [3.05, 3.63) is 0 Å². The molecule has 3 nitrogen and oxygen atoms in total. The first-order valence-corrected chi connectivity index (χ1v) is 6.52. The number of carbonyl (C=O) groups excluding carboxylic acids is 1. The molecule has 0 heterocycles. The summed E-state index contributed by atoms with van der Waals surface area (Å²) < 4.78 is 0. The number of aliphatic hydroxyl groups excluding tert-OH is 1. The topological polar surface area (TPSA) is 40.5 Å². The average Bonchev–Trinajstić information content (AvgIpc) is 2.76. The molecule has 1 aliphatic rings. The quantitative estimate of drug-likeness (QED) is 0.721. The molecular weight excluding hydrogens is 202 g/mol. The van der Waals surface area contributed by atoms with Gasteiger partial charge in [0.2, 0.25) is 0 Å². The van der Waals surface area contributed by atoms with Gasteiger partial charge in [-0.25, -0.2) is 0 Å². The van der Waals surface area contributed by atoms with Crippen molar-refractivity contribution in [1.29, 1.82) is 0 Å². The summed E-state index contributed by atoms with van der Waals surface area (Å²) >= 11 is 0. The molecule has 0 aromatic rings. The van der Waals surface area contributed by atoms with Crippen LogP contribution >= 0.6 is 0 Å². The Morgan fingerprint density at radius 1 is 1.31 bits per heavy atom. The summed E-state index contributed by atoms with van der Waals surface area (Å²) in [6.45, 7) is 5.87. The van der Waals surface area contributed by atoms with Gasteiger partial charge in [0.1, 0.15) is 5.78 Å². The lowest BCUT2D eigenvalue weighted by Crippen LogP contribution is -2.35. The molecule has 1 aliphatic carbocycles. The predicted molar refractivity (Wildman–Crippen MR) is 65.4 cm³/mol. The molecule has 0 atom stereocenters. The molecule has 0 spiro atoms. The number of hydrogen-bond acceptors (Lipinski definition) is 3. The van der Waals surface area contributed by atoms with Crippen LogP contribution in [0, 0.1) is 5.92 Å². The largest absolute Gasteiger partial charge is 0.395 e. The summed E-state index contributed by atoms with van der Waals surface area (Å²) in [5.74, 6) is 0.768. The van der Waals surface area contributed by atoms with Gasteiger partial charge in [0.05, 0.1) is 6.61 Å². The van der Waals surface area contributed by atoms with E-state index in [2.05, 4.69) is 18.7 Å². The zero-order valence-corrected chi connectivity index (χ0v) is 10.6. The number of rotatable bonds is 7. The maximum absolute atomic E-state index is 11.9. The average molecular weight is 227 g/mol. The van der Waals surface area contributed by atoms with E-state index in [1.54, 1.807) is 0 Å².